The molecule has 240 valence electrons. The minimum Gasteiger partial charge on any atom is -0.496 e. The topological polar surface area (TPSA) is 87.3 Å². The first-order valence-corrected chi connectivity index (χ1v) is 16.5. The van der Waals surface area contributed by atoms with Gasteiger partial charge >= 0.3 is 0 Å². The maximum atomic E-state index is 14.6. The van der Waals surface area contributed by atoms with Gasteiger partial charge in [0.15, 0.2) is 16.3 Å². The average Bonchev–Trinajstić information content (AvgIpc) is 3.74. The molecule has 0 saturated carbocycles. The van der Waals surface area contributed by atoms with Gasteiger partial charge in [-0.15, -0.1) is 0 Å². The molecule has 0 radical (unpaired) electrons. The molecule has 1 atom stereocenters. The van der Waals surface area contributed by atoms with E-state index in [1.54, 1.807) is 16.6 Å². The molecule has 2 aliphatic rings. The highest BCUT2D eigenvalue weighted by atomic mass is 32.1. The van der Waals surface area contributed by atoms with Crippen LogP contribution in [0.2, 0.25) is 0 Å². The number of carbonyl (C=O) groups excluding carboxylic acids is 1. The number of aryl methyl sites for hydroxylation is 1. The average molecular weight is 649 g/mol. The molecule has 47 heavy (non-hydrogen) atoms. The van der Waals surface area contributed by atoms with Crippen LogP contribution in [0, 0.1) is 13.8 Å². The summed E-state index contributed by atoms with van der Waals surface area (Å²) in [5.74, 6) is 1.90. The Morgan fingerprint density at radius 3 is 2.57 bits per heavy atom. The molecule has 0 N–H and O–H groups in total. The number of rotatable bonds is 7. The number of methoxy groups -OCH3 is 1. The van der Waals surface area contributed by atoms with E-state index in [4.69, 9.17) is 19.2 Å². The van der Waals surface area contributed by atoms with Crippen LogP contribution in [0.1, 0.15) is 49.3 Å². The van der Waals surface area contributed by atoms with Crippen molar-refractivity contribution in [1.82, 2.24) is 14.0 Å². The summed E-state index contributed by atoms with van der Waals surface area (Å²) in [6.45, 7) is 11.1. The lowest BCUT2D eigenvalue weighted by atomic mass is 9.90. The second-order valence-electron chi connectivity index (χ2n) is 11.7. The SMILES string of the molecule is CCN(CC)C(=O)C1=C(C)N=c2s/c(=C\c3cc(C)n(-c4ccc5c(c4)OCO5)c3C)c(=O)n2[C@H]1c1c(OC)ccc2ccccc12. The largest absolute Gasteiger partial charge is 0.496 e. The van der Waals surface area contributed by atoms with Gasteiger partial charge in [-0.3, -0.25) is 14.2 Å². The predicted molar refractivity (Wildman–Crippen MR) is 184 cm³/mol. The number of hydrogen-bond donors (Lipinski definition) is 0. The van der Waals surface area contributed by atoms with Gasteiger partial charge in [0, 0.05) is 41.8 Å². The van der Waals surface area contributed by atoms with Crippen LogP contribution in [0.4, 0.5) is 0 Å². The second-order valence-corrected chi connectivity index (χ2v) is 12.7. The number of likely N-dealkylation sites (N-methyl/N-ethyl adjacent to an activating group) is 1. The van der Waals surface area contributed by atoms with Gasteiger partial charge in [-0.05, 0) is 81.3 Å². The van der Waals surface area contributed by atoms with E-state index >= 15 is 0 Å². The minimum absolute atomic E-state index is 0.141. The summed E-state index contributed by atoms with van der Waals surface area (Å²) in [5, 5.41) is 1.91. The fourth-order valence-electron chi connectivity index (χ4n) is 6.78. The lowest BCUT2D eigenvalue weighted by molar-refractivity contribution is -0.127. The number of hydrogen-bond acceptors (Lipinski definition) is 7. The minimum atomic E-state index is -0.733. The smallest absolute Gasteiger partial charge is 0.271 e. The van der Waals surface area contributed by atoms with Crippen molar-refractivity contribution < 1.29 is 19.0 Å². The number of amides is 1. The summed E-state index contributed by atoms with van der Waals surface area (Å²) >= 11 is 1.33. The Balaban J connectivity index is 1.44. The number of allylic oxidation sites excluding steroid dienone is 1. The zero-order chi connectivity index (χ0) is 33.0. The van der Waals surface area contributed by atoms with E-state index in [9.17, 15) is 9.59 Å². The highest BCUT2D eigenvalue weighted by molar-refractivity contribution is 7.07. The summed E-state index contributed by atoms with van der Waals surface area (Å²) in [7, 11) is 1.62. The van der Waals surface area contributed by atoms with Crippen molar-refractivity contribution in [3.8, 4) is 22.9 Å². The molecule has 0 saturated heterocycles. The van der Waals surface area contributed by atoms with Crippen molar-refractivity contribution in [2.45, 2.75) is 40.7 Å². The first-order valence-electron chi connectivity index (χ1n) is 15.7. The van der Waals surface area contributed by atoms with Gasteiger partial charge in [-0.25, -0.2) is 4.99 Å². The zero-order valence-electron chi connectivity index (χ0n) is 27.3. The monoisotopic (exact) mass is 648 g/mol. The summed E-state index contributed by atoms with van der Waals surface area (Å²) in [6.07, 6.45) is 1.93. The number of carbonyl (C=O) groups is 1. The summed E-state index contributed by atoms with van der Waals surface area (Å²) in [5.41, 5.74) is 5.49. The maximum Gasteiger partial charge on any atom is 0.271 e. The van der Waals surface area contributed by atoms with Gasteiger partial charge in [-0.1, -0.05) is 41.7 Å². The molecule has 0 bridgehead atoms. The Labute approximate surface area is 276 Å². The van der Waals surface area contributed by atoms with Crippen molar-refractivity contribution in [2.24, 2.45) is 4.99 Å². The highest BCUT2D eigenvalue weighted by Gasteiger charge is 2.36. The van der Waals surface area contributed by atoms with E-state index in [0.717, 1.165) is 44.7 Å². The van der Waals surface area contributed by atoms with Crippen LogP contribution in [-0.2, 0) is 4.79 Å². The van der Waals surface area contributed by atoms with Crippen molar-refractivity contribution in [3.63, 3.8) is 0 Å². The standard InChI is InChI=1S/C37H36N4O5S/c1-7-39(8-2)36(43)32-22(4)38-37-41(34(32)33-27-12-10-9-11-24(27)13-15-29(33)44-6)35(42)31(47-37)18-25-17-21(3)40(23(25)5)26-14-16-28-30(19-26)46-20-45-28/h9-19,34H,7-8,20H2,1-6H3/b31-18-/t34-/m1/s1. The molecule has 9 nitrogen and oxygen atoms in total. The predicted octanol–water partition coefficient (Wildman–Crippen LogP) is 5.40. The van der Waals surface area contributed by atoms with Crippen LogP contribution >= 0.6 is 11.3 Å². The van der Waals surface area contributed by atoms with Gasteiger partial charge in [-0.2, -0.15) is 0 Å². The van der Waals surface area contributed by atoms with E-state index in [0.29, 0.717) is 45.2 Å². The molecule has 5 aromatic rings. The highest BCUT2D eigenvalue weighted by Crippen LogP contribution is 2.41. The molecule has 7 rings (SSSR count). The van der Waals surface area contributed by atoms with Gasteiger partial charge in [0.1, 0.15) is 11.8 Å². The molecular formula is C37H36N4O5S. The van der Waals surface area contributed by atoms with Crippen LogP contribution in [0.25, 0.3) is 22.5 Å². The van der Waals surface area contributed by atoms with Crippen molar-refractivity contribution in [3.05, 3.63) is 114 Å². The number of benzene rings is 3. The molecule has 0 aliphatic carbocycles. The zero-order valence-corrected chi connectivity index (χ0v) is 28.1. The number of fused-ring (bicyclic) bond motifs is 3. The molecule has 0 fully saturated rings. The first kappa shape index (κ1) is 30.6. The summed E-state index contributed by atoms with van der Waals surface area (Å²) in [6, 6.07) is 19.1. The van der Waals surface area contributed by atoms with Gasteiger partial charge in [0.05, 0.1) is 22.9 Å². The Hall–Kier alpha value is -5.09. The van der Waals surface area contributed by atoms with Crippen LogP contribution in [0.15, 0.2) is 81.7 Å². The fourth-order valence-corrected chi connectivity index (χ4v) is 7.82. The Morgan fingerprint density at radius 1 is 1.04 bits per heavy atom. The molecule has 2 aliphatic heterocycles. The summed E-state index contributed by atoms with van der Waals surface area (Å²) < 4.78 is 21.4. The van der Waals surface area contributed by atoms with Gasteiger partial charge < -0.3 is 23.7 Å². The van der Waals surface area contributed by atoms with Gasteiger partial charge in [0.2, 0.25) is 6.79 Å². The van der Waals surface area contributed by atoms with E-state index in [2.05, 4.69) is 10.6 Å². The fraction of sp³-hybridized carbons (Fsp3) is 0.270. The Bertz CT molecular complexity index is 2290. The molecule has 0 unspecified atom stereocenters. The normalized spacial score (nSPS) is 15.6. The first-order chi connectivity index (χ1) is 22.7. The van der Waals surface area contributed by atoms with Crippen LogP contribution in [0.5, 0.6) is 17.2 Å². The Kier molecular flexibility index (Phi) is 7.76. The van der Waals surface area contributed by atoms with Crippen LogP contribution < -0.4 is 29.1 Å². The third kappa shape index (κ3) is 4.95. The number of nitrogens with zero attached hydrogens (tertiary/aromatic N) is 4. The molecule has 0 spiro atoms. The van der Waals surface area contributed by atoms with Crippen molar-refractivity contribution in [1.29, 1.82) is 0 Å². The third-order valence-electron chi connectivity index (χ3n) is 9.10. The van der Waals surface area contributed by atoms with Crippen molar-refractivity contribution >= 4 is 34.1 Å². The van der Waals surface area contributed by atoms with Crippen LogP contribution in [0.3, 0.4) is 0 Å². The van der Waals surface area contributed by atoms with Crippen LogP contribution in [-0.4, -0.2) is 46.9 Å². The van der Waals surface area contributed by atoms with E-state index in [-0.39, 0.29) is 18.3 Å². The molecule has 3 aromatic carbocycles. The van der Waals surface area contributed by atoms with Crippen molar-refractivity contribution in [2.75, 3.05) is 27.0 Å². The lowest BCUT2D eigenvalue weighted by Gasteiger charge is -2.30. The maximum absolute atomic E-state index is 14.6. The third-order valence-corrected chi connectivity index (χ3v) is 10.1. The Morgan fingerprint density at radius 2 is 1.81 bits per heavy atom. The summed E-state index contributed by atoms with van der Waals surface area (Å²) in [4.78, 5) is 36.0. The molecule has 4 heterocycles. The van der Waals surface area contributed by atoms with E-state index < -0.39 is 6.04 Å². The quantitative estimate of drug-likeness (QED) is 0.236. The van der Waals surface area contributed by atoms with E-state index in [1.807, 2.05) is 95.3 Å². The number of aromatic nitrogens is 2. The molecule has 1 amide bonds. The van der Waals surface area contributed by atoms with Gasteiger partial charge in [0.25, 0.3) is 11.5 Å². The second kappa shape index (κ2) is 11.9. The molecule has 10 heteroatoms. The van der Waals surface area contributed by atoms with E-state index in [1.165, 1.54) is 11.3 Å². The molecule has 2 aromatic heterocycles. The molecular weight excluding hydrogens is 612 g/mol. The number of ether oxygens (including phenoxy) is 3. The lowest BCUT2D eigenvalue weighted by Crippen LogP contribution is -2.43. The number of thiazole rings is 1.